The highest BCUT2D eigenvalue weighted by Gasteiger charge is 2.35. The smallest absolute Gasteiger partial charge is 0.326 e. The number of carboxylic acids is 1. The van der Waals surface area contributed by atoms with Gasteiger partial charge in [-0.2, -0.15) is 0 Å². The molecule has 7 heteroatoms. The second kappa shape index (κ2) is 7.23. The van der Waals surface area contributed by atoms with Gasteiger partial charge < -0.3 is 21.1 Å². The van der Waals surface area contributed by atoms with Gasteiger partial charge in [0.25, 0.3) is 0 Å². The molecule has 1 aliphatic heterocycles. The zero-order chi connectivity index (χ0) is 15.3. The molecule has 2 unspecified atom stereocenters. The first kappa shape index (κ1) is 16.4. The molecule has 0 aliphatic carbocycles. The monoisotopic (exact) mass is 285 g/mol. The van der Waals surface area contributed by atoms with Crippen LogP contribution in [0.15, 0.2) is 0 Å². The summed E-state index contributed by atoms with van der Waals surface area (Å²) in [5.41, 5.74) is 5.31. The van der Waals surface area contributed by atoms with Crippen LogP contribution in [0, 0.1) is 5.92 Å². The third kappa shape index (κ3) is 4.19. The lowest BCUT2D eigenvalue weighted by Gasteiger charge is -2.25. The van der Waals surface area contributed by atoms with Crippen molar-refractivity contribution < 1.29 is 19.5 Å². The van der Waals surface area contributed by atoms with Crippen LogP contribution in [0.2, 0.25) is 0 Å². The number of carbonyl (C=O) groups is 3. The average molecular weight is 285 g/mol. The Morgan fingerprint density at radius 3 is 2.55 bits per heavy atom. The van der Waals surface area contributed by atoms with E-state index in [0.29, 0.717) is 19.4 Å². The number of nitrogens with two attached hydrogens (primary N) is 1. The topological polar surface area (TPSA) is 113 Å². The molecule has 2 amide bonds. The first-order valence-electron chi connectivity index (χ1n) is 6.89. The first-order chi connectivity index (χ1) is 9.36. The minimum absolute atomic E-state index is 0.141. The van der Waals surface area contributed by atoms with Gasteiger partial charge in [-0.3, -0.25) is 9.59 Å². The number of amides is 2. The Kier molecular flexibility index (Phi) is 5.94. The van der Waals surface area contributed by atoms with Crippen molar-refractivity contribution >= 4 is 17.8 Å². The summed E-state index contributed by atoms with van der Waals surface area (Å²) in [6.07, 6.45) is 1.63. The number of likely N-dealkylation sites (tertiary alicyclic amines) is 1. The minimum Gasteiger partial charge on any atom is -0.480 e. The maximum Gasteiger partial charge on any atom is 0.326 e. The third-order valence-electron chi connectivity index (χ3n) is 3.37. The van der Waals surface area contributed by atoms with Gasteiger partial charge in [-0.05, 0) is 25.2 Å². The third-order valence-corrected chi connectivity index (χ3v) is 3.37. The van der Waals surface area contributed by atoms with Crippen molar-refractivity contribution in [3.63, 3.8) is 0 Å². The van der Waals surface area contributed by atoms with Crippen molar-refractivity contribution in [3.8, 4) is 0 Å². The maximum atomic E-state index is 12.2. The fourth-order valence-electron chi connectivity index (χ4n) is 2.42. The summed E-state index contributed by atoms with van der Waals surface area (Å²) in [5, 5.41) is 11.6. The summed E-state index contributed by atoms with van der Waals surface area (Å²) in [7, 11) is 0. The van der Waals surface area contributed by atoms with Gasteiger partial charge in [-0.1, -0.05) is 13.8 Å². The van der Waals surface area contributed by atoms with E-state index in [9.17, 15) is 14.4 Å². The number of hydrogen-bond acceptors (Lipinski definition) is 4. The summed E-state index contributed by atoms with van der Waals surface area (Å²) >= 11 is 0. The molecule has 0 spiro atoms. The number of nitrogens with one attached hydrogen (secondary N) is 1. The molecule has 0 radical (unpaired) electrons. The van der Waals surface area contributed by atoms with E-state index in [1.165, 1.54) is 4.90 Å². The minimum atomic E-state index is -1.05. The van der Waals surface area contributed by atoms with Crippen molar-refractivity contribution in [1.82, 2.24) is 10.2 Å². The molecule has 0 aromatic rings. The first-order valence-corrected chi connectivity index (χ1v) is 6.89. The summed E-state index contributed by atoms with van der Waals surface area (Å²) < 4.78 is 0. The predicted octanol–water partition coefficient (Wildman–Crippen LogP) is -0.448. The van der Waals surface area contributed by atoms with Crippen molar-refractivity contribution in [2.45, 2.75) is 45.2 Å². The molecule has 114 valence electrons. The summed E-state index contributed by atoms with van der Waals surface area (Å²) in [6, 6.07) is -1.52. The Hall–Kier alpha value is -1.63. The normalized spacial score (nSPS) is 20.0. The molecule has 1 saturated heterocycles. The molecule has 0 saturated carbocycles. The second-order valence-corrected chi connectivity index (χ2v) is 5.48. The summed E-state index contributed by atoms with van der Waals surface area (Å²) in [5.74, 6) is -1.58. The van der Waals surface area contributed by atoms with E-state index in [4.69, 9.17) is 10.8 Å². The number of nitrogens with zero attached hydrogens (tertiary/aromatic N) is 1. The van der Waals surface area contributed by atoms with Gasteiger partial charge in [-0.15, -0.1) is 0 Å². The quantitative estimate of drug-likeness (QED) is 0.612. The van der Waals surface area contributed by atoms with E-state index in [-0.39, 0.29) is 18.4 Å². The SMILES string of the molecule is CC(C)CC(NC(=O)C1CCCN1C(=O)CN)C(=O)O. The van der Waals surface area contributed by atoms with Crippen LogP contribution in [-0.4, -0.2) is 53.0 Å². The van der Waals surface area contributed by atoms with Gasteiger partial charge in [0.15, 0.2) is 0 Å². The van der Waals surface area contributed by atoms with E-state index in [2.05, 4.69) is 5.32 Å². The van der Waals surface area contributed by atoms with Crippen LogP contribution in [0.4, 0.5) is 0 Å². The number of rotatable bonds is 6. The van der Waals surface area contributed by atoms with E-state index < -0.39 is 24.0 Å². The fraction of sp³-hybridized carbons (Fsp3) is 0.769. The van der Waals surface area contributed by atoms with Crippen molar-refractivity contribution in [1.29, 1.82) is 0 Å². The van der Waals surface area contributed by atoms with Gasteiger partial charge in [0.2, 0.25) is 11.8 Å². The van der Waals surface area contributed by atoms with Crippen LogP contribution >= 0.6 is 0 Å². The van der Waals surface area contributed by atoms with Crippen LogP contribution in [0.25, 0.3) is 0 Å². The molecule has 1 aliphatic rings. The lowest BCUT2D eigenvalue weighted by Crippen LogP contribution is -2.52. The number of hydrogen-bond donors (Lipinski definition) is 3. The molecule has 2 atom stereocenters. The van der Waals surface area contributed by atoms with Gasteiger partial charge in [0.05, 0.1) is 6.54 Å². The van der Waals surface area contributed by atoms with Crippen molar-refractivity contribution in [2.75, 3.05) is 13.1 Å². The molecule has 20 heavy (non-hydrogen) atoms. The Bertz CT molecular complexity index is 384. The molecule has 7 nitrogen and oxygen atoms in total. The van der Waals surface area contributed by atoms with Crippen LogP contribution < -0.4 is 11.1 Å². The number of carbonyl (C=O) groups excluding carboxylic acids is 2. The highest BCUT2D eigenvalue weighted by molar-refractivity contribution is 5.91. The average Bonchev–Trinajstić information content (AvgIpc) is 2.85. The molecule has 0 bridgehead atoms. The zero-order valence-electron chi connectivity index (χ0n) is 12.0. The molecule has 1 heterocycles. The standard InChI is InChI=1S/C13H23N3O4/c1-8(2)6-9(13(19)20)15-12(18)10-4-3-5-16(10)11(17)7-14/h8-10H,3-7,14H2,1-2H3,(H,15,18)(H,19,20). The van der Waals surface area contributed by atoms with Gasteiger partial charge >= 0.3 is 5.97 Å². The van der Waals surface area contributed by atoms with Gasteiger partial charge in [-0.25, -0.2) is 4.79 Å². The summed E-state index contributed by atoms with van der Waals surface area (Å²) in [6.45, 7) is 4.14. The molecule has 4 N–H and O–H groups in total. The fourth-order valence-corrected chi connectivity index (χ4v) is 2.42. The molecule has 0 aromatic heterocycles. The Morgan fingerprint density at radius 1 is 1.40 bits per heavy atom. The van der Waals surface area contributed by atoms with Crippen LogP contribution in [-0.2, 0) is 14.4 Å². The van der Waals surface area contributed by atoms with Crippen LogP contribution in [0.3, 0.4) is 0 Å². The Morgan fingerprint density at radius 2 is 2.05 bits per heavy atom. The largest absolute Gasteiger partial charge is 0.480 e. The number of carboxylic acid groups (broad SMARTS) is 1. The van der Waals surface area contributed by atoms with E-state index in [1.807, 2.05) is 13.8 Å². The van der Waals surface area contributed by atoms with E-state index >= 15 is 0 Å². The van der Waals surface area contributed by atoms with Crippen LogP contribution in [0.5, 0.6) is 0 Å². The van der Waals surface area contributed by atoms with Crippen molar-refractivity contribution in [3.05, 3.63) is 0 Å². The summed E-state index contributed by atoms with van der Waals surface area (Å²) in [4.78, 5) is 36.4. The zero-order valence-corrected chi connectivity index (χ0v) is 12.0. The lowest BCUT2D eigenvalue weighted by atomic mass is 10.0. The highest BCUT2D eigenvalue weighted by atomic mass is 16.4. The highest BCUT2D eigenvalue weighted by Crippen LogP contribution is 2.18. The Labute approximate surface area is 118 Å². The lowest BCUT2D eigenvalue weighted by molar-refractivity contribution is -0.144. The molecular formula is C13H23N3O4. The second-order valence-electron chi connectivity index (χ2n) is 5.48. The van der Waals surface area contributed by atoms with Crippen molar-refractivity contribution in [2.24, 2.45) is 11.7 Å². The predicted molar refractivity (Wildman–Crippen MR) is 72.8 cm³/mol. The number of aliphatic carboxylic acids is 1. The van der Waals surface area contributed by atoms with E-state index in [1.54, 1.807) is 0 Å². The van der Waals surface area contributed by atoms with E-state index in [0.717, 1.165) is 6.42 Å². The Balaban J connectivity index is 2.68. The molecular weight excluding hydrogens is 262 g/mol. The molecule has 1 fully saturated rings. The van der Waals surface area contributed by atoms with Gasteiger partial charge in [0.1, 0.15) is 12.1 Å². The van der Waals surface area contributed by atoms with Crippen LogP contribution in [0.1, 0.15) is 33.1 Å². The maximum absolute atomic E-state index is 12.2. The molecule has 1 rings (SSSR count). The molecule has 0 aromatic carbocycles. The van der Waals surface area contributed by atoms with Gasteiger partial charge in [0, 0.05) is 6.54 Å².